The SMILES string of the molecule is CCNC(=NCC(C)N(CC)CC)NCCCNC(=O)OC(C)(C)C.I. The zero-order chi connectivity index (χ0) is 19.3. The molecule has 8 heteroatoms. The molecule has 0 aliphatic rings. The van der Waals surface area contributed by atoms with Crippen molar-refractivity contribution in [1.82, 2.24) is 20.9 Å². The van der Waals surface area contributed by atoms with E-state index in [-0.39, 0.29) is 30.1 Å². The highest BCUT2D eigenvalue weighted by Crippen LogP contribution is 2.06. The fraction of sp³-hybridized carbons (Fsp3) is 0.889. The second-order valence-corrected chi connectivity index (χ2v) is 7.00. The summed E-state index contributed by atoms with van der Waals surface area (Å²) in [4.78, 5) is 18.6. The minimum absolute atomic E-state index is 0. The van der Waals surface area contributed by atoms with Gasteiger partial charge in [-0.3, -0.25) is 9.89 Å². The number of nitrogens with one attached hydrogen (secondary N) is 3. The van der Waals surface area contributed by atoms with E-state index >= 15 is 0 Å². The van der Waals surface area contributed by atoms with Gasteiger partial charge < -0.3 is 20.7 Å². The maximum atomic E-state index is 11.6. The molecule has 0 aromatic rings. The van der Waals surface area contributed by atoms with Gasteiger partial charge in [-0.15, -0.1) is 24.0 Å². The fourth-order valence-electron chi connectivity index (χ4n) is 2.33. The summed E-state index contributed by atoms with van der Waals surface area (Å²) in [7, 11) is 0. The molecular weight excluding hydrogens is 445 g/mol. The molecule has 0 aliphatic heterocycles. The van der Waals surface area contributed by atoms with E-state index in [2.05, 4.69) is 53.5 Å². The minimum Gasteiger partial charge on any atom is -0.444 e. The molecule has 0 aromatic carbocycles. The Kier molecular flexibility index (Phi) is 16.2. The van der Waals surface area contributed by atoms with Crippen LogP contribution >= 0.6 is 24.0 Å². The fourth-order valence-corrected chi connectivity index (χ4v) is 2.33. The van der Waals surface area contributed by atoms with Crippen LogP contribution in [0.25, 0.3) is 0 Å². The number of amides is 1. The Balaban J connectivity index is 0. The Morgan fingerprint density at radius 2 is 1.65 bits per heavy atom. The van der Waals surface area contributed by atoms with Gasteiger partial charge in [0.2, 0.25) is 0 Å². The molecule has 0 heterocycles. The zero-order valence-electron chi connectivity index (χ0n) is 17.6. The van der Waals surface area contributed by atoms with Crippen LogP contribution in [0.1, 0.15) is 54.9 Å². The van der Waals surface area contributed by atoms with Gasteiger partial charge in [0.15, 0.2) is 5.96 Å². The predicted octanol–water partition coefficient (Wildman–Crippen LogP) is 2.80. The monoisotopic (exact) mass is 485 g/mol. The van der Waals surface area contributed by atoms with Gasteiger partial charge in [0, 0.05) is 25.7 Å². The molecule has 1 amide bonds. The Labute approximate surface area is 177 Å². The van der Waals surface area contributed by atoms with Crippen molar-refractivity contribution >= 4 is 36.0 Å². The van der Waals surface area contributed by atoms with Crippen LogP contribution in [0.4, 0.5) is 4.79 Å². The lowest BCUT2D eigenvalue weighted by molar-refractivity contribution is 0.0527. The Morgan fingerprint density at radius 1 is 1.08 bits per heavy atom. The standard InChI is InChI=1S/C18H39N5O2.HI/c1-8-19-16(22-14-15(4)23(9-2)10-3)20-12-11-13-21-17(24)25-18(5,6)7;/h15H,8-14H2,1-7H3,(H,21,24)(H2,19,20,22);1H. The van der Waals surface area contributed by atoms with Crippen molar-refractivity contribution in [3.63, 3.8) is 0 Å². The van der Waals surface area contributed by atoms with Crippen molar-refractivity contribution in [2.24, 2.45) is 4.99 Å². The number of hydrogen-bond donors (Lipinski definition) is 3. The molecule has 1 atom stereocenters. The van der Waals surface area contributed by atoms with Crippen molar-refractivity contribution < 1.29 is 9.53 Å². The number of carbonyl (C=O) groups excluding carboxylic acids is 1. The van der Waals surface area contributed by atoms with Crippen LogP contribution in [0.15, 0.2) is 4.99 Å². The second-order valence-electron chi connectivity index (χ2n) is 7.00. The van der Waals surface area contributed by atoms with Gasteiger partial charge in [0.1, 0.15) is 5.60 Å². The van der Waals surface area contributed by atoms with E-state index in [0.29, 0.717) is 12.6 Å². The molecule has 0 saturated carbocycles. The van der Waals surface area contributed by atoms with Crippen molar-refractivity contribution in [2.75, 3.05) is 39.3 Å². The Morgan fingerprint density at radius 3 is 2.15 bits per heavy atom. The van der Waals surface area contributed by atoms with Gasteiger partial charge >= 0.3 is 6.09 Å². The van der Waals surface area contributed by atoms with Crippen molar-refractivity contribution in [1.29, 1.82) is 0 Å². The molecule has 0 spiro atoms. The van der Waals surface area contributed by atoms with E-state index in [0.717, 1.165) is 45.1 Å². The van der Waals surface area contributed by atoms with Crippen LogP contribution in [-0.2, 0) is 4.74 Å². The van der Waals surface area contributed by atoms with E-state index in [9.17, 15) is 4.79 Å². The first-order valence-electron chi connectivity index (χ1n) is 9.46. The number of nitrogens with zero attached hydrogens (tertiary/aromatic N) is 2. The molecule has 0 aromatic heterocycles. The number of guanidine groups is 1. The Hall–Kier alpha value is -0.770. The van der Waals surface area contributed by atoms with Crippen LogP contribution in [0.3, 0.4) is 0 Å². The third-order valence-corrected chi connectivity index (χ3v) is 3.61. The summed E-state index contributed by atoms with van der Waals surface area (Å²) >= 11 is 0. The summed E-state index contributed by atoms with van der Waals surface area (Å²) in [5.41, 5.74) is -0.464. The topological polar surface area (TPSA) is 78.0 Å². The molecule has 7 nitrogen and oxygen atoms in total. The van der Waals surface area contributed by atoms with E-state index in [1.54, 1.807) is 0 Å². The summed E-state index contributed by atoms with van der Waals surface area (Å²) in [5.74, 6) is 0.818. The first-order valence-corrected chi connectivity index (χ1v) is 9.46. The highest BCUT2D eigenvalue weighted by Gasteiger charge is 2.15. The van der Waals surface area contributed by atoms with Crippen LogP contribution in [0, 0.1) is 0 Å². The summed E-state index contributed by atoms with van der Waals surface area (Å²) < 4.78 is 5.20. The van der Waals surface area contributed by atoms with Crippen LogP contribution in [0.2, 0.25) is 0 Å². The lowest BCUT2D eigenvalue weighted by atomic mass is 10.2. The highest BCUT2D eigenvalue weighted by molar-refractivity contribution is 14.0. The summed E-state index contributed by atoms with van der Waals surface area (Å²) in [6.45, 7) is 19.1. The molecule has 3 N–H and O–H groups in total. The van der Waals surface area contributed by atoms with Gasteiger partial charge in [0.25, 0.3) is 0 Å². The first kappa shape index (κ1) is 27.4. The van der Waals surface area contributed by atoms with Crippen molar-refractivity contribution in [3.8, 4) is 0 Å². The molecule has 26 heavy (non-hydrogen) atoms. The van der Waals surface area contributed by atoms with Crippen LogP contribution in [-0.4, -0.2) is 67.9 Å². The summed E-state index contributed by atoms with van der Waals surface area (Å²) in [6.07, 6.45) is 0.427. The quantitative estimate of drug-likeness (QED) is 0.192. The number of ether oxygens (including phenoxy) is 1. The minimum atomic E-state index is -0.464. The van der Waals surface area contributed by atoms with Crippen LogP contribution < -0.4 is 16.0 Å². The molecule has 0 radical (unpaired) electrons. The number of halogens is 1. The van der Waals surface area contributed by atoms with E-state index < -0.39 is 5.60 Å². The molecule has 0 rings (SSSR count). The molecule has 0 aliphatic carbocycles. The van der Waals surface area contributed by atoms with Crippen molar-refractivity contribution in [3.05, 3.63) is 0 Å². The summed E-state index contributed by atoms with van der Waals surface area (Å²) in [6, 6.07) is 0.416. The first-order chi connectivity index (χ1) is 11.7. The number of rotatable bonds is 10. The third-order valence-electron chi connectivity index (χ3n) is 3.61. The normalized spacial score (nSPS) is 13.0. The lowest BCUT2D eigenvalue weighted by Gasteiger charge is -2.25. The van der Waals surface area contributed by atoms with E-state index in [4.69, 9.17) is 4.74 Å². The van der Waals surface area contributed by atoms with E-state index in [1.165, 1.54) is 0 Å². The smallest absolute Gasteiger partial charge is 0.407 e. The largest absolute Gasteiger partial charge is 0.444 e. The average molecular weight is 485 g/mol. The number of carbonyl (C=O) groups is 1. The van der Waals surface area contributed by atoms with Gasteiger partial charge in [0.05, 0.1) is 6.54 Å². The number of likely N-dealkylation sites (N-methyl/N-ethyl adjacent to an activating group) is 1. The maximum Gasteiger partial charge on any atom is 0.407 e. The average Bonchev–Trinajstić information content (AvgIpc) is 2.51. The van der Waals surface area contributed by atoms with Crippen molar-refractivity contribution in [2.45, 2.75) is 66.5 Å². The van der Waals surface area contributed by atoms with E-state index in [1.807, 2.05) is 20.8 Å². The maximum absolute atomic E-state index is 11.6. The molecule has 1 unspecified atom stereocenters. The second kappa shape index (κ2) is 15.3. The molecule has 0 bridgehead atoms. The molecule has 0 fully saturated rings. The Bertz CT molecular complexity index is 396. The molecular formula is C18H40IN5O2. The third kappa shape index (κ3) is 14.4. The number of hydrogen-bond acceptors (Lipinski definition) is 4. The zero-order valence-corrected chi connectivity index (χ0v) is 20.0. The van der Waals surface area contributed by atoms with Gasteiger partial charge in [-0.25, -0.2) is 4.79 Å². The summed E-state index contributed by atoms with van der Waals surface area (Å²) in [5, 5.41) is 9.31. The predicted molar refractivity (Wildman–Crippen MR) is 121 cm³/mol. The van der Waals surface area contributed by atoms with Gasteiger partial charge in [-0.2, -0.15) is 0 Å². The van der Waals surface area contributed by atoms with Gasteiger partial charge in [-0.1, -0.05) is 13.8 Å². The lowest BCUT2D eigenvalue weighted by Crippen LogP contribution is -2.41. The van der Waals surface area contributed by atoms with Gasteiger partial charge in [-0.05, 0) is 54.1 Å². The highest BCUT2D eigenvalue weighted by atomic mass is 127. The molecule has 0 saturated heterocycles. The number of aliphatic imine (C=N–C) groups is 1. The molecule has 156 valence electrons. The number of alkyl carbamates (subject to hydrolysis) is 1. The van der Waals surface area contributed by atoms with Crippen LogP contribution in [0.5, 0.6) is 0 Å².